The molecular weight excluding hydrogens is 238 g/mol. The molecule has 3 heteroatoms. The fourth-order valence-electron chi connectivity index (χ4n) is 2.88. The molecule has 0 spiro atoms. The van der Waals surface area contributed by atoms with E-state index in [0.717, 1.165) is 18.0 Å². The van der Waals surface area contributed by atoms with Crippen LogP contribution in [-0.2, 0) is 6.54 Å². The van der Waals surface area contributed by atoms with E-state index in [2.05, 4.69) is 11.8 Å². The smallest absolute Gasteiger partial charge is 0.160 e. The number of phenolic OH excluding ortho intramolecular Hbond substituents is 1. The third-order valence-electron chi connectivity index (χ3n) is 4.17. The molecule has 1 fully saturated rings. The van der Waals surface area contributed by atoms with Crippen molar-refractivity contribution in [2.45, 2.75) is 39.2 Å². The van der Waals surface area contributed by atoms with Crippen molar-refractivity contribution >= 4 is 0 Å². The molecule has 1 saturated heterocycles. The molecule has 1 atom stereocenters. The lowest BCUT2D eigenvalue weighted by Gasteiger charge is -2.20. The summed E-state index contributed by atoms with van der Waals surface area (Å²) < 4.78 is 5.07. The summed E-state index contributed by atoms with van der Waals surface area (Å²) in [5.74, 6) is 1.68. The summed E-state index contributed by atoms with van der Waals surface area (Å²) in [6.07, 6.45) is 5.26. The number of hydrogen-bond acceptors (Lipinski definition) is 3. The highest BCUT2D eigenvalue weighted by molar-refractivity contribution is 5.41. The first-order valence-electron chi connectivity index (χ1n) is 7.31. The summed E-state index contributed by atoms with van der Waals surface area (Å²) >= 11 is 0. The van der Waals surface area contributed by atoms with Gasteiger partial charge in [0.15, 0.2) is 11.5 Å². The fraction of sp³-hybridized carbons (Fsp3) is 0.625. The van der Waals surface area contributed by atoms with Crippen LogP contribution in [0.25, 0.3) is 0 Å². The van der Waals surface area contributed by atoms with Crippen LogP contribution in [0.15, 0.2) is 18.2 Å². The van der Waals surface area contributed by atoms with Gasteiger partial charge in [0.2, 0.25) is 0 Å². The molecule has 1 N–H and O–H groups in total. The van der Waals surface area contributed by atoms with Crippen molar-refractivity contribution in [2.75, 3.05) is 20.2 Å². The van der Waals surface area contributed by atoms with Crippen molar-refractivity contribution in [3.05, 3.63) is 23.8 Å². The monoisotopic (exact) mass is 263 g/mol. The third-order valence-corrected chi connectivity index (χ3v) is 4.17. The Hall–Kier alpha value is -1.22. The lowest BCUT2D eigenvalue weighted by molar-refractivity contribution is 0.271. The maximum absolute atomic E-state index is 9.81. The molecule has 0 saturated carbocycles. The van der Waals surface area contributed by atoms with Crippen LogP contribution in [0.5, 0.6) is 11.5 Å². The number of hydrogen-bond donors (Lipinski definition) is 1. The van der Waals surface area contributed by atoms with E-state index in [4.69, 9.17) is 4.74 Å². The zero-order valence-corrected chi connectivity index (χ0v) is 12.1. The van der Waals surface area contributed by atoms with Crippen molar-refractivity contribution in [2.24, 2.45) is 5.92 Å². The van der Waals surface area contributed by atoms with E-state index in [1.807, 2.05) is 18.2 Å². The summed E-state index contributed by atoms with van der Waals surface area (Å²) in [7, 11) is 1.58. The zero-order chi connectivity index (χ0) is 13.7. The Morgan fingerprint density at radius 2 is 2.16 bits per heavy atom. The van der Waals surface area contributed by atoms with Gasteiger partial charge >= 0.3 is 0 Å². The van der Waals surface area contributed by atoms with Crippen molar-refractivity contribution in [3.8, 4) is 11.5 Å². The van der Waals surface area contributed by atoms with Gasteiger partial charge in [-0.1, -0.05) is 19.4 Å². The average Bonchev–Trinajstić information content (AvgIpc) is 2.64. The first kappa shape index (κ1) is 14.2. The summed E-state index contributed by atoms with van der Waals surface area (Å²) in [6.45, 7) is 5.56. The SMILES string of the molecule is CCC1CCCN(Cc2ccc(OC)c(O)c2)CC1. The highest BCUT2D eigenvalue weighted by Crippen LogP contribution is 2.27. The molecular formula is C16H25NO2. The van der Waals surface area contributed by atoms with Crippen molar-refractivity contribution in [1.82, 2.24) is 4.90 Å². The van der Waals surface area contributed by atoms with Gasteiger partial charge in [-0.3, -0.25) is 4.90 Å². The minimum atomic E-state index is 0.237. The minimum Gasteiger partial charge on any atom is -0.504 e. The Balaban J connectivity index is 1.95. The van der Waals surface area contributed by atoms with E-state index >= 15 is 0 Å². The number of methoxy groups -OCH3 is 1. The first-order chi connectivity index (χ1) is 9.22. The second-order valence-corrected chi connectivity index (χ2v) is 5.49. The number of benzene rings is 1. The Morgan fingerprint density at radius 3 is 2.84 bits per heavy atom. The van der Waals surface area contributed by atoms with Gasteiger partial charge in [0.25, 0.3) is 0 Å². The van der Waals surface area contributed by atoms with Gasteiger partial charge in [-0.15, -0.1) is 0 Å². The Kier molecular flexibility index (Phi) is 5.08. The molecule has 3 nitrogen and oxygen atoms in total. The lowest BCUT2D eigenvalue weighted by atomic mass is 9.98. The lowest BCUT2D eigenvalue weighted by Crippen LogP contribution is -2.24. The molecule has 0 aliphatic carbocycles. The summed E-state index contributed by atoms with van der Waals surface area (Å²) in [5, 5.41) is 9.81. The van der Waals surface area contributed by atoms with E-state index in [1.165, 1.54) is 38.8 Å². The molecule has 19 heavy (non-hydrogen) atoms. The van der Waals surface area contributed by atoms with Crippen molar-refractivity contribution < 1.29 is 9.84 Å². The van der Waals surface area contributed by atoms with Crippen LogP contribution in [-0.4, -0.2) is 30.2 Å². The quantitative estimate of drug-likeness (QED) is 0.903. The van der Waals surface area contributed by atoms with Crippen molar-refractivity contribution in [3.63, 3.8) is 0 Å². The van der Waals surface area contributed by atoms with Crippen LogP contribution < -0.4 is 4.74 Å². The predicted molar refractivity (Wildman–Crippen MR) is 77.6 cm³/mol. The topological polar surface area (TPSA) is 32.7 Å². The van der Waals surface area contributed by atoms with Crippen LogP contribution in [0.2, 0.25) is 0 Å². The maximum atomic E-state index is 9.81. The molecule has 1 aliphatic rings. The standard InChI is InChI=1S/C16H25NO2/c1-3-13-5-4-9-17(10-8-13)12-14-6-7-16(19-2)15(18)11-14/h6-7,11,13,18H,3-5,8-10,12H2,1-2H3. The van der Waals surface area contributed by atoms with Gasteiger partial charge in [-0.05, 0) is 56.0 Å². The van der Waals surface area contributed by atoms with E-state index in [0.29, 0.717) is 5.75 Å². The molecule has 1 heterocycles. The Bertz CT molecular complexity index is 406. The third kappa shape index (κ3) is 3.87. The van der Waals surface area contributed by atoms with Crippen LogP contribution >= 0.6 is 0 Å². The number of nitrogens with zero attached hydrogens (tertiary/aromatic N) is 1. The highest BCUT2D eigenvalue weighted by atomic mass is 16.5. The first-order valence-corrected chi connectivity index (χ1v) is 7.31. The second kappa shape index (κ2) is 6.80. The van der Waals surface area contributed by atoms with Crippen LogP contribution in [0, 0.1) is 5.92 Å². The number of aromatic hydroxyl groups is 1. The Labute approximate surface area is 116 Å². The predicted octanol–water partition coefficient (Wildman–Crippen LogP) is 3.41. The summed E-state index contributed by atoms with van der Waals surface area (Å²) in [6, 6.07) is 5.71. The van der Waals surface area contributed by atoms with E-state index in [-0.39, 0.29) is 5.75 Å². The summed E-state index contributed by atoms with van der Waals surface area (Å²) in [4.78, 5) is 2.50. The number of ether oxygens (including phenoxy) is 1. The van der Waals surface area contributed by atoms with Crippen LogP contribution in [0.1, 0.15) is 38.2 Å². The normalized spacial score (nSPS) is 21.1. The molecule has 0 aromatic heterocycles. The second-order valence-electron chi connectivity index (χ2n) is 5.49. The number of phenols is 1. The van der Waals surface area contributed by atoms with Crippen LogP contribution in [0.3, 0.4) is 0 Å². The molecule has 0 amide bonds. The van der Waals surface area contributed by atoms with Gasteiger partial charge in [-0.25, -0.2) is 0 Å². The molecule has 1 aromatic carbocycles. The molecule has 106 valence electrons. The molecule has 2 rings (SSSR count). The maximum Gasteiger partial charge on any atom is 0.160 e. The number of likely N-dealkylation sites (tertiary alicyclic amines) is 1. The highest BCUT2D eigenvalue weighted by Gasteiger charge is 2.16. The molecule has 1 aromatic rings. The largest absolute Gasteiger partial charge is 0.504 e. The average molecular weight is 263 g/mol. The molecule has 1 unspecified atom stereocenters. The molecule has 0 bridgehead atoms. The van der Waals surface area contributed by atoms with E-state index < -0.39 is 0 Å². The minimum absolute atomic E-state index is 0.237. The molecule has 0 radical (unpaired) electrons. The van der Waals surface area contributed by atoms with Crippen LogP contribution in [0.4, 0.5) is 0 Å². The van der Waals surface area contributed by atoms with Gasteiger partial charge in [0, 0.05) is 6.54 Å². The van der Waals surface area contributed by atoms with Gasteiger partial charge in [-0.2, -0.15) is 0 Å². The van der Waals surface area contributed by atoms with Crippen molar-refractivity contribution in [1.29, 1.82) is 0 Å². The molecule has 1 aliphatic heterocycles. The van der Waals surface area contributed by atoms with E-state index in [9.17, 15) is 5.11 Å². The summed E-state index contributed by atoms with van der Waals surface area (Å²) in [5.41, 5.74) is 1.16. The van der Waals surface area contributed by atoms with Gasteiger partial charge in [0.05, 0.1) is 7.11 Å². The van der Waals surface area contributed by atoms with E-state index in [1.54, 1.807) is 7.11 Å². The number of rotatable bonds is 4. The fourth-order valence-corrected chi connectivity index (χ4v) is 2.88. The van der Waals surface area contributed by atoms with Gasteiger partial charge in [0.1, 0.15) is 0 Å². The zero-order valence-electron chi connectivity index (χ0n) is 12.1. The van der Waals surface area contributed by atoms with Gasteiger partial charge < -0.3 is 9.84 Å². The Morgan fingerprint density at radius 1 is 1.32 bits per heavy atom.